The molecule has 3 heterocycles. The van der Waals surface area contributed by atoms with Gasteiger partial charge >= 0.3 is 0 Å². The number of nitrogens with one attached hydrogen (secondary N) is 2. The maximum absolute atomic E-state index is 12.0. The molecule has 0 aliphatic rings. The van der Waals surface area contributed by atoms with Crippen molar-refractivity contribution in [2.75, 3.05) is 5.32 Å². The lowest BCUT2D eigenvalue weighted by Crippen LogP contribution is -2.13. The molecule has 0 aliphatic heterocycles. The monoisotopic (exact) mass is 318 g/mol. The summed E-state index contributed by atoms with van der Waals surface area (Å²) >= 11 is 0. The number of hydrogen-bond acceptors (Lipinski definition) is 5. The zero-order chi connectivity index (χ0) is 16.4. The van der Waals surface area contributed by atoms with Gasteiger partial charge in [-0.3, -0.25) is 14.3 Å². The number of aromatic amines is 1. The highest BCUT2D eigenvalue weighted by Crippen LogP contribution is 2.10. The van der Waals surface area contributed by atoms with Crippen LogP contribution < -0.4 is 10.9 Å². The summed E-state index contributed by atoms with van der Waals surface area (Å²) in [4.78, 5) is 27.6. The Balaban J connectivity index is 1.51. The van der Waals surface area contributed by atoms with Gasteiger partial charge in [0.2, 0.25) is 5.95 Å². The van der Waals surface area contributed by atoms with Crippen LogP contribution in [0.2, 0.25) is 0 Å². The Hall–Kier alpha value is -3.48. The summed E-state index contributed by atoms with van der Waals surface area (Å²) in [5.74, 6) is 1.24. The van der Waals surface area contributed by atoms with Crippen LogP contribution in [0, 0.1) is 0 Å². The van der Waals surface area contributed by atoms with E-state index in [4.69, 9.17) is 0 Å². The molecule has 118 valence electrons. The van der Waals surface area contributed by atoms with E-state index in [1.165, 1.54) is 0 Å². The molecule has 24 heavy (non-hydrogen) atoms. The van der Waals surface area contributed by atoms with E-state index in [2.05, 4.69) is 25.3 Å². The van der Waals surface area contributed by atoms with Crippen molar-refractivity contribution in [1.82, 2.24) is 24.5 Å². The lowest BCUT2D eigenvalue weighted by Gasteiger charge is -2.07. The molecule has 0 atom stereocenters. The summed E-state index contributed by atoms with van der Waals surface area (Å²) in [6, 6.07) is 11.1. The number of anilines is 1. The van der Waals surface area contributed by atoms with Crippen molar-refractivity contribution in [2.24, 2.45) is 0 Å². The highest BCUT2D eigenvalue weighted by molar-refractivity contribution is 5.78. The van der Waals surface area contributed by atoms with Crippen LogP contribution in [-0.4, -0.2) is 24.5 Å². The third-order valence-corrected chi connectivity index (χ3v) is 3.65. The normalized spacial score (nSPS) is 10.8. The molecule has 4 rings (SSSR count). The average molecular weight is 318 g/mol. The number of H-pyrrole nitrogens is 1. The maximum Gasteiger partial charge on any atom is 0.260 e. The minimum Gasteiger partial charge on any atom is -0.352 e. The molecular weight excluding hydrogens is 304 g/mol. The number of benzene rings is 1. The molecule has 0 aliphatic carbocycles. The minimum atomic E-state index is -0.156. The molecule has 7 heteroatoms. The lowest BCUT2D eigenvalue weighted by molar-refractivity contribution is 0.973. The molecular formula is C17H14N6O. The van der Waals surface area contributed by atoms with Crippen LogP contribution in [0.3, 0.4) is 0 Å². The Kier molecular flexibility index (Phi) is 3.51. The second-order valence-electron chi connectivity index (χ2n) is 5.28. The summed E-state index contributed by atoms with van der Waals surface area (Å²) in [7, 11) is 0. The standard InChI is InChI=1S/C17H14N6O/c24-16-13-3-1-2-4-14(13)21-17(22-16)20-10-12-5-6-15(19-9-12)23-8-7-18-11-23/h1-9,11H,10H2,(H2,20,21,22,24). The number of rotatable bonds is 4. The molecule has 0 radical (unpaired) electrons. The van der Waals surface area contributed by atoms with Gasteiger partial charge in [0.15, 0.2) is 0 Å². The molecule has 0 bridgehead atoms. The maximum atomic E-state index is 12.0. The average Bonchev–Trinajstić information content (AvgIpc) is 3.15. The first-order chi connectivity index (χ1) is 11.8. The minimum absolute atomic E-state index is 0.156. The van der Waals surface area contributed by atoms with Crippen molar-refractivity contribution in [3.8, 4) is 5.82 Å². The van der Waals surface area contributed by atoms with Gasteiger partial charge in [0.25, 0.3) is 5.56 Å². The molecule has 0 unspecified atom stereocenters. The van der Waals surface area contributed by atoms with Gasteiger partial charge < -0.3 is 5.32 Å². The van der Waals surface area contributed by atoms with E-state index in [9.17, 15) is 4.79 Å². The molecule has 0 saturated heterocycles. The molecule has 7 nitrogen and oxygen atoms in total. The second-order valence-corrected chi connectivity index (χ2v) is 5.28. The summed E-state index contributed by atoms with van der Waals surface area (Å²) in [6.07, 6.45) is 7.02. The SMILES string of the molecule is O=c1[nH]c(NCc2ccc(-n3ccnc3)nc2)nc2ccccc12. The first-order valence-electron chi connectivity index (χ1n) is 7.46. The molecule has 0 spiro atoms. The molecule has 0 fully saturated rings. The van der Waals surface area contributed by atoms with E-state index < -0.39 is 0 Å². The van der Waals surface area contributed by atoms with Gasteiger partial charge in [0.05, 0.1) is 10.9 Å². The third kappa shape index (κ3) is 2.74. The molecule has 1 aromatic carbocycles. The van der Waals surface area contributed by atoms with E-state index in [-0.39, 0.29) is 5.56 Å². The van der Waals surface area contributed by atoms with Gasteiger partial charge in [0.1, 0.15) is 12.1 Å². The fourth-order valence-corrected chi connectivity index (χ4v) is 2.42. The summed E-state index contributed by atoms with van der Waals surface area (Å²) in [5, 5.41) is 3.70. The van der Waals surface area contributed by atoms with Gasteiger partial charge in [-0.1, -0.05) is 18.2 Å². The Morgan fingerprint density at radius 2 is 2.08 bits per heavy atom. The van der Waals surface area contributed by atoms with Crippen LogP contribution in [0.4, 0.5) is 5.95 Å². The van der Waals surface area contributed by atoms with Crippen LogP contribution >= 0.6 is 0 Å². The van der Waals surface area contributed by atoms with Crippen LogP contribution in [0.25, 0.3) is 16.7 Å². The van der Waals surface area contributed by atoms with Crippen molar-refractivity contribution in [2.45, 2.75) is 6.54 Å². The Bertz CT molecular complexity index is 1020. The second kappa shape index (κ2) is 5.96. The Morgan fingerprint density at radius 3 is 2.88 bits per heavy atom. The van der Waals surface area contributed by atoms with Gasteiger partial charge in [0, 0.05) is 25.1 Å². The summed E-state index contributed by atoms with van der Waals surface area (Å²) in [5.41, 5.74) is 1.49. The van der Waals surface area contributed by atoms with E-state index in [1.54, 1.807) is 24.8 Å². The third-order valence-electron chi connectivity index (χ3n) is 3.65. The van der Waals surface area contributed by atoms with E-state index >= 15 is 0 Å². The van der Waals surface area contributed by atoms with Crippen LogP contribution in [0.1, 0.15) is 5.56 Å². The van der Waals surface area contributed by atoms with Gasteiger partial charge in [-0.2, -0.15) is 0 Å². The fourth-order valence-electron chi connectivity index (χ4n) is 2.42. The largest absolute Gasteiger partial charge is 0.352 e. The number of nitrogens with zero attached hydrogens (tertiary/aromatic N) is 4. The number of pyridine rings is 1. The highest BCUT2D eigenvalue weighted by Gasteiger charge is 2.03. The molecule has 0 saturated carbocycles. The lowest BCUT2D eigenvalue weighted by atomic mass is 10.2. The van der Waals surface area contributed by atoms with E-state index in [0.717, 1.165) is 11.4 Å². The quantitative estimate of drug-likeness (QED) is 0.601. The Labute approximate surface area is 137 Å². The number of imidazole rings is 1. The van der Waals surface area contributed by atoms with Crippen molar-refractivity contribution in [1.29, 1.82) is 0 Å². The summed E-state index contributed by atoms with van der Waals surface area (Å²) < 4.78 is 1.83. The van der Waals surface area contributed by atoms with Crippen LogP contribution in [-0.2, 0) is 6.54 Å². The number of hydrogen-bond donors (Lipinski definition) is 2. The van der Waals surface area contributed by atoms with Crippen molar-refractivity contribution in [3.63, 3.8) is 0 Å². The summed E-state index contributed by atoms with van der Waals surface area (Å²) in [6.45, 7) is 0.512. The molecule has 2 N–H and O–H groups in total. The van der Waals surface area contributed by atoms with Crippen LogP contribution in [0.15, 0.2) is 66.1 Å². The number of fused-ring (bicyclic) bond motifs is 1. The predicted molar refractivity (Wildman–Crippen MR) is 91.0 cm³/mol. The van der Waals surface area contributed by atoms with Crippen molar-refractivity contribution < 1.29 is 0 Å². The Morgan fingerprint density at radius 1 is 1.17 bits per heavy atom. The zero-order valence-corrected chi connectivity index (χ0v) is 12.7. The first-order valence-corrected chi connectivity index (χ1v) is 7.46. The smallest absolute Gasteiger partial charge is 0.260 e. The van der Waals surface area contributed by atoms with E-state index in [1.807, 2.05) is 41.1 Å². The fraction of sp³-hybridized carbons (Fsp3) is 0.0588. The molecule has 3 aromatic heterocycles. The van der Waals surface area contributed by atoms with Crippen molar-refractivity contribution in [3.05, 3.63) is 77.2 Å². The first kappa shape index (κ1) is 14.1. The molecule has 0 amide bonds. The zero-order valence-electron chi connectivity index (χ0n) is 12.7. The van der Waals surface area contributed by atoms with Crippen LogP contribution in [0.5, 0.6) is 0 Å². The number of para-hydroxylation sites is 1. The highest BCUT2D eigenvalue weighted by atomic mass is 16.1. The molecule has 4 aromatic rings. The number of aromatic nitrogens is 5. The van der Waals surface area contributed by atoms with Crippen molar-refractivity contribution >= 4 is 16.9 Å². The van der Waals surface area contributed by atoms with E-state index in [0.29, 0.717) is 23.4 Å². The topological polar surface area (TPSA) is 88.5 Å². The van der Waals surface area contributed by atoms with Gasteiger partial charge in [-0.25, -0.2) is 15.0 Å². The predicted octanol–water partition coefficient (Wildman–Crippen LogP) is 2.12. The van der Waals surface area contributed by atoms with Gasteiger partial charge in [-0.15, -0.1) is 0 Å². The van der Waals surface area contributed by atoms with Gasteiger partial charge in [-0.05, 0) is 23.8 Å².